The van der Waals surface area contributed by atoms with Crippen LogP contribution in [0.3, 0.4) is 0 Å². The number of pyridine rings is 1. The van der Waals surface area contributed by atoms with Crippen molar-refractivity contribution in [2.75, 3.05) is 26.2 Å². The summed E-state index contributed by atoms with van der Waals surface area (Å²) in [5.74, 6) is 0.0498. The van der Waals surface area contributed by atoms with Crippen molar-refractivity contribution in [3.05, 3.63) is 46.7 Å². The Morgan fingerprint density at radius 1 is 1.29 bits per heavy atom. The van der Waals surface area contributed by atoms with E-state index < -0.39 is 0 Å². The molecule has 2 saturated heterocycles. The van der Waals surface area contributed by atoms with Gasteiger partial charge in [0.25, 0.3) is 5.91 Å². The van der Waals surface area contributed by atoms with Crippen molar-refractivity contribution in [2.24, 2.45) is 0 Å². The van der Waals surface area contributed by atoms with Gasteiger partial charge in [-0.15, -0.1) is 11.3 Å². The van der Waals surface area contributed by atoms with Crippen LogP contribution in [-0.4, -0.2) is 64.0 Å². The number of piperazine rings is 1. The van der Waals surface area contributed by atoms with Gasteiger partial charge in [0.1, 0.15) is 5.69 Å². The molecule has 2 aliphatic heterocycles. The van der Waals surface area contributed by atoms with Crippen LogP contribution in [0.15, 0.2) is 35.3 Å². The quantitative estimate of drug-likeness (QED) is 0.844. The van der Waals surface area contributed by atoms with Crippen LogP contribution in [0.4, 0.5) is 0 Å². The van der Waals surface area contributed by atoms with Crippen molar-refractivity contribution in [1.82, 2.24) is 19.8 Å². The Hall–Kier alpha value is -1.83. The fraction of sp³-hybridized carbons (Fsp3) is 0.471. The SMILES string of the molecule is O=C(c1cscn1)N1CCN2C[C@H](OCc3ccccn3)C[C@H]2C1. The molecular weight excluding hydrogens is 324 g/mol. The fourth-order valence-corrected chi connectivity index (χ4v) is 3.99. The molecule has 0 bridgehead atoms. The van der Waals surface area contributed by atoms with E-state index in [2.05, 4.69) is 14.9 Å². The third kappa shape index (κ3) is 3.33. The summed E-state index contributed by atoms with van der Waals surface area (Å²) in [4.78, 5) is 25.3. The summed E-state index contributed by atoms with van der Waals surface area (Å²) >= 11 is 1.46. The number of nitrogens with zero attached hydrogens (tertiary/aromatic N) is 4. The van der Waals surface area contributed by atoms with Gasteiger partial charge in [0, 0.05) is 43.8 Å². The Balaban J connectivity index is 1.32. The number of carbonyl (C=O) groups excluding carboxylic acids is 1. The molecule has 2 aromatic rings. The molecule has 4 rings (SSSR count). The smallest absolute Gasteiger partial charge is 0.273 e. The lowest BCUT2D eigenvalue weighted by Gasteiger charge is -2.36. The zero-order valence-electron chi connectivity index (χ0n) is 13.4. The Morgan fingerprint density at radius 2 is 2.25 bits per heavy atom. The molecule has 2 aromatic heterocycles. The molecule has 0 unspecified atom stereocenters. The zero-order chi connectivity index (χ0) is 16.4. The standard InChI is InChI=1S/C17H20N4O2S/c22-17(16-11-24-12-19-16)21-6-5-20-9-15(7-14(20)8-21)23-10-13-3-1-2-4-18-13/h1-4,11-12,14-15H,5-10H2/t14-,15+/m0/s1. The Labute approximate surface area is 145 Å². The number of aromatic nitrogens is 2. The molecule has 0 aromatic carbocycles. The highest BCUT2D eigenvalue weighted by Gasteiger charge is 2.38. The molecule has 7 heteroatoms. The Kier molecular flexibility index (Phi) is 4.55. The van der Waals surface area contributed by atoms with Crippen LogP contribution in [0.1, 0.15) is 22.6 Å². The van der Waals surface area contributed by atoms with Gasteiger partial charge in [-0.05, 0) is 18.6 Å². The molecule has 1 amide bonds. The van der Waals surface area contributed by atoms with Crippen molar-refractivity contribution in [3.8, 4) is 0 Å². The van der Waals surface area contributed by atoms with E-state index in [1.165, 1.54) is 11.3 Å². The van der Waals surface area contributed by atoms with Crippen molar-refractivity contribution in [3.63, 3.8) is 0 Å². The second kappa shape index (κ2) is 6.96. The molecule has 0 N–H and O–H groups in total. The first-order chi connectivity index (χ1) is 11.8. The number of fused-ring (bicyclic) bond motifs is 1. The van der Waals surface area contributed by atoms with Crippen molar-refractivity contribution >= 4 is 17.2 Å². The topological polar surface area (TPSA) is 58.6 Å². The molecule has 2 fully saturated rings. The lowest BCUT2D eigenvalue weighted by atomic mass is 10.1. The summed E-state index contributed by atoms with van der Waals surface area (Å²) in [6.07, 6.45) is 2.97. The Morgan fingerprint density at radius 3 is 3.04 bits per heavy atom. The van der Waals surface area contributed by atoms with E-state index in [-0.39, 0.29) is 12.0 Å². The van der Waals surface area contributed by atoms with Crippen LogP contribution in [-0.2, 0) is 11.3 Å². The molecule has 0 spiro atoms. The number of carbonyl (C=O) groups is 1. The number of rotatable bonds is 4. The van der Waals surface area contributed by atoms with Gasteiger partial charge in [-0.1, -0.05) is 6.07 Å². The van der Waals surface area contributed by atoms with E-state index >= 15 is 0 Å². The molecule has 2 atom stereocenters. The van der Waals surface area contributed by atoms with Crippen LogP contribution < -0.4 is 0 Å². The number of hydrogen-bond donors (Lipinski definition) is 0. The van der Waals surface area contributed by atoms with E-state index in [4.69, 9.17) is 4.74 Å². The van der Waals surface area contributed by atoms with E-state index in [0.717, 1.165) is 38.3 Å². The van der Waals surface area contributed by atoms with Gasteiger partial charge < -0.3 is 9.64 Å². The highest BCUT2D eigenvalue weighted by Crippen LogP contribution is 2.25. The van der Waals surface area contributed by atoms with Crippen molar-refractivity contribution in [2.45, 2.75) is 25.2 Å². The third-order valence-corrected chi connectivity index (χ3v) is 5.30. The van der Waals surface area contributed by atoms with Crippen LogP contribution in [0.25, 0.3) is 0 Å². The van der Waals surface area contributed by atoms with Gasteiger partial charge in [0.2, 0.25) is 0 Å². The van der Waals surface area contributed by atoms with Gasteiger partial charge in [-0.25, -0.2) is 4.98 Å². The first-order valence-electron chi connectivity index (χ1n) is 8.22. The largest absolute Gasteiger partial charge is 0.371 e. The molecule has 126 valence electrons. The number of amides is 1. The predicted molar refractivity (Wildman–Crippen MR) is 90.8 cm³/mol. The van der Waals surface area contributed by atoms with Crippen molar-refractivity contribution < 1.29 is 9.53 Å². The van der Waals surface area contributed by atoms with Gasteiger partial charge >= 0.3 is 0 Å². The molecular formula is C17H20N4O2S. The highest BCUT2D eigenvalue weighted by molar-refractivity contribution is 7.07. The molecule has 0 radical (unpaired) electrons. The van der Waals surface area contributed by atoms with Crippen LogP contribution in [0, 0.1) is 0 Å². The van der Waals surface area contributed by atoms with Crippen LogP contribution >= 0.6 is 11.3 Å². The van der Waals surface area contributed by atoms with Gasteiger partial charge in [-0.2, -0.15) is 0 Å². The molecule has 6 nitrogen and oxygen atoms in total. The molecule has 24 heavy (non-hydrogen) atoms. The summed E-state index contributed by atoms with van der Waals surface area (Å²) in [6.45, 7) is 3.92. The predicted octanol–water partition coefficient (Wildman–Crippen LogP) is 1.65. The van der Waals surface area contributed by atoms with Crippen LogP contribution in [0.5, 0.6) is 0 Å². The minimum atomic E-state index is 0.0498. The highest BCUT2D eigenvalue weighted by atomic mass is 32.1. The molecule has 0 aliphatic carbocycles. The van der Waals surface area contributed by atoms with Gasteiger partial charge in [-0.3, -0.25) is 14.7 Å². The number of ether oxygens (including phenoxy) is 1. The maximum absolute atomic E-state index is 12.5. The maximum atomic E-state index is 12.5. The lowest BCUT2D eigenvalue weighted by Crippen LogP contribution is -2.52. The lowest BCUT2D eigenvalue weighted by molar-refractivity contribution is 0.0434. The Bertz CT molecular complexity index is 679. The maximum Gasteiger partial charge on any atom is 0.273 e. The molecule has 4 heterocycles. The summed E-state index contributed by atoms with van der Waals surface area (Å²) in [5, 5.41) is 1.82. The molecule has 2 aliphatic rings. The second-order valence-corrected chi connectivity index (χ2v) is 6.98. The zero-order valence-corrected chi connectivity index (χ0v) is 14.2. The number of thiazole rings is 1. The summed E-state index contributed by atoms with van der Waals surface area (Å²) in [7, 11) is 0. The average molecular weight is 344 g/mol. The molecule has 0 saturated carbocycles. The van der Waals surface area contributed by atoms with E-state index in [0.29, 0.717) is 18.3 Å². The van der Waals surface area contributed by atoms with Gasteiger partial charge in [0.15, 0.2) is 0 Å². The summed E-state index contributed by atoms with van der Waals surface area (Å²) in [5.41, 5.74) is 3.23. The van der Waals surface area contributed by atoms with Crippen molar-refractivity contribution in [1.29, 1.82) is 0 Å². The first kappa shape index (κ1) is 15.7. The minimum Gasteiger partial charge on any atom is -0.371 e. The third-order valence-electron chi connectivity index (χ3n) is 4.71. The summed E-state index contributed by atoms with van der Waals surface area (Å²) in [6, 6.07) is 6.25. The number of hydrogen-bond acceptors (Lipinski definition) is 6. The second-order valence-electron chi connectivity index (χ2n) is 6.26. The van der Waals surface area contributed by atoms with E-state index in [9.17, 15) is 4.79 Å². The van der Waals surface area contributed by atoms with Crippen LogP contribution in [0.2, 0.25) is 0 Å². The average Bonchev–Trinajstić information content (AvgIpc) is 3.29. The minimum absolute atomic E-state index is 0.0498. The normalized spacial score (nSPS) is 24.1. The fourth-order valence-electron chi connectivity index (χ4n) is 3.47. The monoisotopic (exact) mass is 344 g/mol. The van der Waals surface area contributed by atoms with Gasteiger partial charge in [0.05, 0.1) is 23.9 Å². The first-order valence-corrected chi connectivity index (χ1v) is 9.17. The summed E-state index contributed by atoms with van der Waals surface area (Å²) < 4.78 is 6.03. The van der Waals surface area contributed by atoms with E-state index in [1.807, 2.05) is 28.5 Å². The van der Waals surface area contributed by atoms with E-state index in [1.54, 1.807) is 11.7 Å².